The molecule has 0 spiro atoms. The van der Waals surface area contributed by atoms with E-state index in [1.807, 2.05) is 0 Å². The molecule has 0 saturated carbocycles. The molecule has 0 nitrogen and oxygen atoms in total. The highest BCUT2D eigenvalue weighted by Gasteiger charge is 1.93. The van der Waals surface area contributed by atoms with Crippen molar-refractivity contribution in [3.63, 3.8) is 0 Å². The highest BCUT2D eigenvalue weighted by molar-refractivity contribution is 14.1. The van der Waals surface area contributed by atoms with Crippen LogP contribution in [0.3, 0.4) is 0 Å². The van der Waals surface area contributed by atoms with Gasteiger partial charge in [0.05, 0.1) is 0 Å². The molecule has 0 radical (unpaired) electrons. The van der Waals surface area contributed by atoms with E-state index in [1.54, 1.807) is 0 Å². The molecule has 0 rings (SSSR count). The first-order valence-electron chi connectivity index (χ1n) is 2.37. The highest BCUT2D eigenvalue weighted by Crippen LogP contribution is 2.07. The summed E-state index contributed by atoms with van der Waals surface area (Å²) < 4.78 is 0. The Hall–Kier alpha value is 0.795. The van der Waals surface area contributed by atoms with Crippen molar-refractivity contribution in [2.45, 2.75) is 26.1 Å². The summed E-state index contributed by atoms with van der Waals surface area (Å²) in [5.41, 5.74) is 0. The molecule has 0 saturated heterocycles. The van der Waals surface area contributed by atoms with Gasteiger partial charge in [-0.25, -0.2) is 0 Å². The lowest BCUT2D eigenvalue weighted by Crippen LogP contribution is -1.85. The molecule has 0 aromatic heterocycles. The van der Waals surface area contributed by atoms with Gasteiger partial charge in [-0.3, -0.25) is 0 Å². The minimum absolute atomic E-state index is 0.922. The lowest BCUT2D eigenvalue weighted by molar-refractivity contribution is 0.879. The average Bonchev–Trinajstić information content (AvgIpc) is 1.65. The van der Waals surface area contributed by atoms with Gasteiger partial charge in [-0.2, -0.15) is 22.4 Å². The summed E-state index contributed by atoms with van der Waals surface area (Å²) in [7, 11) is 0. The zero-order chi connectivity index (χ0) is 4.99. The standard InChI is InChI=1S/C4H10BI/c1-3-4(2)5-6/h4-5H,3H2,1-2H3. The number of hydrogen-bond donors (Lipinski definition) is 0. The zero-order valence-corrected chi connectivity index (χ0v) is 6.53. The molecule has 0 aliphatic carbocycles. The van der Waals surface area contributed by atoms with Crippen LogP contribution in [0.1, 0.15) is 20.3 Å². The molecular weight excluding hydrogens is 186 g/mol. The maximum atomic E-state index is 2.41. The monoisotopic (exact) mass is 196 g/mol. The van der Waals surface area contributed by atoms with Crippen LogP contribution in [-0.2, 0) is 0 Å². The van der Waals surface area contributed by atoms with Crippen LogP contribution in [0.4, 0.5) is 0 Å². The normalized spacial score (nSPS) is 13.8. The van der Waals surface area contributed by atoms with Crippen molar-refractivity contribution in [1.29, 1.82) is 0 Å². The third kappa shape index (κ3) is 3.00. The molecule has 2 heteroatoms. The van der Waals surface area contributed by atoms with Gasteiger partial charge < -0.3 is 0 Å². The molecule has 0 heterocycles. The van der Waals surface area contributed by atoms with E-state index in [4.69, 9.17) is 0 Å². The summed E-state index contributed by atoms with van der Waals surface area (Å²) in [6, 6.07) is 0. The van der Waals surface area contributed by atoms with Crippen molar-refractivity contribution in [3.05, 3.63) is 0 Å². The van der Waals surface area contributed by atoms with Gasteiger partial charge in [0.25, 0.3) is 0 Å². The van der Waals surface area contributed by atoms with Gasteiger partial charge in [-0.05, 0) is 0 Å². The van der Waals surface area contributed by atoms with E-state index in [2.05, 4.69) is 36.2 Å². The molecule has 0 aromatic carbocycles. The van der Waals surface area contributed by atoms with Crippen LogP contribution in [-0.4, -0.2) is 5.14 Å². The number of rotatable bonds is 2. The molecule has 0 bridgehead atoms. The first-order valence-corrected chi connectivity index (χ1v) is 3.89. The van der Waals surface area contributed by atoms with Crippen molar-refractivity contribution in [3.8, 4) is 0 Å². The summed E-state index contributed by atoms with van der Waals surface area (Å²) in [5, 5.41) is 1.30. The van der Waals surface area contributed by atoms with Crippen molar-refractivity contribution < 1.29 is 0 Å². The van der Waals surface area contributed by atoms with Crippen LogP contribution in [0, 0.1) is 0 Å². The van der Waals surface area contributed by atoms with E-state index >= 15 is 0 Å². The van der Waals surface area contributed by atoms with Gasteiger partial charge in [0.1, 0.15) is 0 Å². The van der Waals surface area contributed by atoms with E-state index in [9.17, 15) is 0 Å². The first-order chi connectivity index (χ1) is 2.81. The molecule has 0 N–H and O–H groups in total. The van der Waals surface area contributed by atoms with Crippen LogP contribution >= 0.6 is 22.4 Å². The summed E-state index contributed by atoms with van der Waals surface area (Å²) >= 11 is 2.41. The smallest absolute Gasteiger partial charge is 0.155 e. The van der Waals surface area contributed by atoms with Crippen molar-refractivity contribution >= 4 is 27.5 Å². The second kappa shape index (κ2) is 3.97. The van der Waals surface area contributed by atoms with Gasteiger partial charge in [0.15, 0.2) is 0 Å². The Morgan fingerprint density at radius 2 is 2.33 bits per heavy atom. The molecule has 36 valence electrons. The third-order valence-corrected chi connectivity index (χ3v) is 2.46. The van der Waals surface area contributed by atoms with E-state index < -0.39 is 0 Å². The fraction of sp³-hybridized carbons (Fsp3) is 1.00. The van der Waals surface area contributed by atoms with E-state index in [0.29, 0.717) is 0 Å². The van der Waals surface area contributed by atoms with E-state index in [-0.39, 0.29) is 0 Å². The Bertz CT molecular complexity index is 26.7. The first kappa shape index (κ1) is 6.79. The zero-order valence-electron chi connectivity index (χ0n) is 4.37. The van der Waals surface area contributed by atoms with Gasteiger partial charge in [-0.1, -0.05) is 26.1 Å². The van der Waals surface area contributed by atoms with Gasteiger partial charge in [0.2, 0.25) is 5.14 Å². The Kier molecular flexibility index (Phi) is 4.49. The van der Waals surface area contributed by atoms with Crippen LogP contribution in [0.5, 0.6) is 0 Å². The predicted molar refractivity (Wildman–Crippen MR) is 40.9 cm³/mol. The third-order valence-electron chi connectivity index (χ3n) is 0.960. The van der Waals surface area contributed by atoms with Gasteiger partial charge in [-0.15, -0.1) is 0 Å². The van der Waals surface area contributed by atoms with Crippen LogP contribution in [0.15, 0.2) is 0 Å². The molecule has 0 amide bonds. The molecule has 1 atom stereocenters. The highest BCUT2D eigenvalue weighted by atomic mass is 127. The summed E-state index contributed by atoms with van der Waals surface area (Å²) in [4.78, 5) is 0. The van der Waals surface area contributed by atoms with Crippen LogP contribution < -0.4 is 0 Å². The average molecular weight is 196 g/mol. The fourth-order valence-corrected chi connectivity index (χ4v) is 0.732. The Morgan fingerprint density at radius 1 is 1.83 bits per heavy atom. The number of halogens is 1. The maximum absolute atomic E-state index is 2.41. The minimum Gasteiger partial charge on any atom is -0.155 e. The summed E-state index contributed by atoms with van der Waals surface area (Å²) in [6.45, 7) is 4.50. The summed E-state index contributed by atoms with van der Waals surface area (Å²) in [5.74, 6) is 0.922. The van der Waals surface area contributed by atoms with Crippen LogP contribution in [0.25, 0.3) is 0 Å². The lowest BCUT2D eigenvalue weighted by atomic mass is 9.87. The topological polar surface area (TPSA) is 0 Å². The molecule has 0 aromatic rings. The van der Waals surface area contributed by atoms with Gasteiger partial charge >= 0.3 is 0 Å². The van der Waals surface area contributed by atoms with E-state index in [0.717, 1.165) is 5.82 Å². The van der Waals surface area contributed by atoms with Crippen LogP contribution in [0.2, 0.25) is 5.82 Å². The lowest BCUT2D eigenvalue weighted by Gasteiger charge is -1.95. The van der Waals surface area contributed by atoms with Crippen molar-refractivity contribution in [2.24, 2.45) is 0 Å². The summed E-state index contributed by atoms with van der Waals surface area (Å²) in [6.07, 6.45) is 1.32. The van der Waals surface area contributed by atoms with E-state index in [1.165, 1.54) is 11.6 Å². The molecule has 1 unspecified atom stereocenters. The van der Waals surface area contributed by atoms with Crippen molar-refractivity contribution in [1.82, 2.24) is 0 Å². The molecule has 6 heavy (non-hydrogen) atoms. The Balaban J connectivity index is 2.75. The molecule has 0 aliphatic heterocycles. The fourth-order valence-electron chi connectivity index (χ4n) is 0.109. The van der Waals surface area contributed by atoms with Crippen molar-refractivity contribution in [2.75, 3.05) is 0 Å². The largest absolute Gasteiger partial charge is 0.202 e. The van der Waals surface area contributed by atoms with Gasteiger partial charge in [0, 0.05) is 0 Å². The quantitative estimate of drug-likeness (QED) is 0.467. The number of hydrogen-bond acceptors (Lipinski definition) is 0. The Labute approximate surface area is 53.8 Å². The minimum atomic E-state index is 0.922. The molecule has 0 aliphatic rings. The predicted octanol–water partition coefficient (Wildman–Crippen LogP) is 1.99. The second-order valence-corrected chi connectivity index (χ2v) is 2.55. The maximum Gasteiger partial charge on any atom is 0.202 e. The second-order valence-electron chi connectivity index (χ2n) is 1.67. The Morgan fingerprint density at radius 3 is 2.33 bits per heavy atom. The SMILES string of the molecule is CCC(C)BI. The molecule has 0 fully saturated rings. The molecular formula is C4H10BI.